The van der Waals surface area contributed by atoms with Crippen LogP contribution < -0.4 is 0 Å². The molecule has 1 N–H and O–H groups in total. The molecular weight excluding hydrogens is 366 g/mol. The predicted octanol–water partition coefficient (Wildman–Crippen LogP) is 1.96. The zero-order chi connectivity index (χ0) is 19.0. The molecule has 7 nitrogen and oxygen atoms in total. The van der Waals surface area contributed by atoms with Crippen LogP contribution in [-0.2, 0) is 9.59 Å². The fourth-order valence-corrected chi connectivity index (χ4v) is 4.56. The highest BCUT2D eigenvalue weighted by atomic mass is 32.1. The summed E-state index contributed by atoms with van der Waals surface area (Å²) in [5.41, 5.74) is 3.06. The molecule has 2 aliphatic rings. The molecule has 0 spiro atoms. The van der Waals surface area contributed by atoms with Crippen LogP contribution in [0.25, 0.3) is 10.4 Å². The Morgan fingerprint density at radius 2 is 1.96 bits per heavy atom. The second-order valence-electron chi connectivity index (χ2n) is 6.88. The van der Waals surface area contributed by atoms with E-state index in [2.05, 4.69) is 4.98 Å². The van der Waals surface area contributed by atoms with Crippen molar-refractivity contribution < 1.29 is 19.5 Å². The fraction of sp³-hybridized carbons (Fsp3) is 0.368. The van der Waals surface area contributed by atoms with Gasteiger partial charge in [-0.1, -0.05) is 30.3 Å². The normalized spacial score (nSPS) is 22.4. The topological polar surface area (TPSA) is 90.8 Å². The van der Waals surface area contributed by atoms with Gasteiger partial charge in [0, 0.05) is 26.1 Å². The van der Waals surface area contributed by atoms with Crippen LogP contribution in [-0.4, -0.2) is 63.4 Å². The lowest BCUT2D eigenvalue weighted by Gasteiger charge is -2.24. The minimum Gasteiger partial charge on any atom is -0.481 e. The van der Waals surface area contributed by atoms with Crippen LogP contribution in [0.3, 0.4) is 0 Å². The molecule has 3 heterocycles. The first-order chi connectivity index (χ1) is 13.0. The number of carbonyl (C=O) groups excluding carboxylic acids is 2. The van der Waals surface area contributed by atoms with E-state index in [0.717, 1.165) is 10.4 Å². The van der Waals surface area contributed by atoms with Gasteiger partial charge in [0.25, 0.3) is 5.91 Å². The molecule has 1 aromatic carbocycles. The van der Waals surface area contributed by atoms with Crippen molar-refractivity contribution in [2.45, 2.75) is 18.9 Å². The lowest BCUT2D eigenvalue weighted by Crippen LogP contribution is -2.40. The molecule has 8 heteroatoms. The number of carbonyl (C=O) groups is 3. The number of carboxylic acid groups (broad SMARTS) is 1. The van der Waals surface area contributed by atoms with Gasteiger partial charge in [-0.2, -0.15) is 0 Å². The van der Waals surface area contributed by atoms with Gasteiger partial charge in [-0.25, -0.2) is 4.98 Å². The molecule has 4 rings (SSSR count). The molecule has 0 aliphatic carbocycles. The lowest BCUT2D eigenvalue weighted by molar-refractivity contribution is -0.141. The van der Waals surface area contributed by atoms with E-state index in [1.54, 1.807) is 15.3 Å². The highest BCUT2D eigenvalue weighted by Crippen LogP contribution is 2.30. The second kappa shape index (κ2) is 7.11. The van der Waals surface area contributed by atoms with Crippen molar-refractivity contribution in [1.82, 2.24) is 14.8 Å². The maximum absolute atomic E-state index is 13.0. The summed E-state index contributed by atoms with van der Waals surface area (Å²) >= 11 is 1.43. The Morgan fingerprint density at radius 3 is 2.67 bits per heavy atom. The maximum atomic E-state index is 13.0. The first-order valence-corrected chi connectivity index (χ1v) is 9.73. The molecule has 2 aliphatic heterocycles. The monoisotopic (exact) mass is 385 g/mol. The summed E-state index contributed by atoms with van der Waals surface area (Å²) in [5, 5.41) is 9.15. The van der Waals surface area contributed by atoms with Crippen molar-refractivity contribution in [1.29, 1.82) is 0 Å². The van der Waals surface area contributed by atoms with Gasteiger partial charge in [-0.05, 0) is 12.0 Å². The summed E-state index contributed by atoms with van der Waals surface area (Å²) in [7, 11) is 0. The van der Waals surface area contributed by atoms with Crippen molar-refractivity contribution in [3.63, 3.8) is 0 Å². The molecular formula is C19H19N3O4S. The van der Waals surface area contributed by atoms with Crippen molar-refractivity contribution in [2.75, 3.05) is 19.6 Å². The van der Waals surface area contributed by atoms with Crippen LogP contribution in [0.1, 0.15) is 23.3 Å². The van der Waals surface area contributed by atoms with Crippen molar-refractivity contribution in [2.24, 2.45) is 5.92 Å². The standard InChI is InChI=1S/C19H19N3O4S/c23-15-8-13(19(25)26)9-22(15)14-6-7-21(10-14)18(24)16-17(27-11-20-16)12-4-2-1-3-5-12/h1-5,11,13-14H,6-10H2,(H,25,26). The Hall–Kier alpha value is -2.74. The van der Waals surface area contributed by atoms with Crippen LogP contribution in [0.2, 0.25) is 0 Å². The number of thiazole rings is 1. The van der Waals surface area contributed by atoms with Gasteiger partial charge < -0.3 is 14.9 Å². The van der Waals surface area contributed by atoms with Crippen LogP contribution in [0.4, 0.5) is 0 Å². The van der Waals surface area contributed by atoms with Gasteiger partial charge in [0.1, 0.15) is 5.69 Å². The third-order valence-corrected chi connectivity index (χ3v) is 6.08. The third kappa shape index (κ3) is 3.32. The zero-order valence-corrected chi connectivity index (χ0v) is 15.4. The SMILES string of the molecule is O=C(O)C1CC(=O)N(C2CCN(C(=O)c3ncsc3-c3ccccc3)C2)C1. The number of likely N-dealkylation sites (tertiary alicyclic amines) is 2. The third-order valence-electron chi connectivity index (χ3n) is 5.21. The van der Waals surface area contributed by atoms with Gasteiger partial charge in [0.15, 0.2) is 0 Å². The number of carboxylic acids is 1. The van der Waals surface area contributed by atoms with Crippen LogP contribution in [0.5, 0.6) is 0 Å². The van der Waals surface area contributed by atoms with Gasteiger partial charge in [0.05, 0.1) is 22.3 Å². The lowest BCUT2D eigenvalue weighted by atomic mass is 10.1. The van der Waals surface area contributed by atoms with E-state index in [1.807, 2.05) is 30.3 Å². The minimum atomic E-state index is -0.938. The van der Waals surface area contributed by atoms with E-state index in [9.17, 15) is 14.4 Å². The van der Waals surface area contributed by atoms with Gasteiger partial charge in [0.2, 0.25) is 5.91 Å². The Balaban J connectivity index is 1.47. The summed E-state index contributed by atoms with van der Waals surface area (Å²) in [6.07, 6.45) is 0.707. The van der Waals surface area contributed by atoms with Gasteiger partial charge in [-0.15, -0.1) is 11.3 Å². The molecule has 2 amide bonds. The average Bonchev–Trinajstić information content (AvgIpc) is 3.40. The quantitative estimate of drug-likeness (QED) is 0.869. The number of rotatable bonds is 4. The predicted molar refractivity (Wildman–Crippen MR) is 99.3 cm³/mol. The molecule has 0 radical (unpaired) electrons. The average molecular weight is 385 g/mol. The number of benzene rings is 1. The van der Waals surface area contributed by atoms with Crippen LogP contribution in [0.15, 0.2) is 35.8 Å². The molecule has 1 aromatic heterocycles. The number of nitrogens with zero attached hydrogens (tertiary/aromatic N) is 3. The molecule has 2 atom stereocenters. The Kier molecular flexibility index (Phi) is 4.65. The van der Waals surface area contributed by atoms with Crippen LogP contribution >= 0.6 is 11.3 Å². The van der Waals surface area contributed by atoms with Crippen molar-refractivity contribution in [3.8, 4) is 10.4 Å². The van der Waals surface area contributed by atoms with Crippen molar-refractivity contribution >= 4 is 29.1 Å². The van der Waals surface area contributed by atoms with E-state index < -0.39 is 11.9 Å². The number of hydrogen-bond donors (Lipinski definition) is 1. The molecule has 0 bridgehead atoms. The summed E-state index contributed by atoms with van der Waals surface area (Å²) in [4.78, 5) is 44.8. The molecule has 2 aromatic rings. The number of amides is 2. The molecule has 140 valence electrons. The largest absolute Gasteiger partial charge is 0.481 e. The van der Waals surface area contributed by atoms with E-state index in [4.69, 9.17) is 5.11 Å². The summed E-state index contributed by atoms with van der Waals surface area (Å²) in [6, 6.07) is 9.55. The molecule has 2 fully saturated rings. The number of aliphatic carboxylic acids is 1. The highest BCUT2D eigenvalue weighted by Gasteiger charge is 2.41. The van der Waals surface area contributed by atoms with E-state index in [1.165, 1.54) is 11.3 Å². The highest BCUT2D eigenvalue weighted by molar-refractivity contribution is 7.13. The summed E-state index contributed by atoms with van der Waals surface area (Å²) in [6.45, 7) is 1.19. The first kappa shape index (κ1) is 17.7. The van der Waals surface area contributed by atoms with E-state index in [0.29, 0.717) is 25.2 Å². The molecule has 27 heavy (non-hydrogen) atoms. The van der Waals surface area contributed by atoms with E-state index in [-0.39, 0.29) is 30.8 Å². The molecule has 2 unspecified atom stereocenters. The molecule has 0 saturated carbocycles. The Labute approximate surface area is 160 Å². The van der Waals surface area contributed by atoms with Gasteiger partial charge >= 0.3 is 5.97 Å². The summed E-state index contributed by atoms with van der Waals surface area (Å²) in [5.74, 6) is -1.86. The maximum Gasteiger partial charge on any atom is 0.308 e. The number of aromatic nitrogens is 1. The van der Waals surface area contributed by atoms with Crippen LogP contribution in [0, 0.1) is 5.92 Å². The minimum absolute atomic E-state index is 0.0457. The summed E-state index contributed by atoms with van der Waals surface area (Å²) < 4.78 is 0. The van der Waals surface area contributed by atoms with Crippen molar-refractivity contribution in [3.05, 3.63) is 41.5 Å². The number of hydrogen-bond acceptors (Lipinski definition) is 5. The Morgan fingerprint density at radius 1 is 1.19 bits per heavy atom. The smallest absolute Gasteiger partial charge is 0.308 e. The van der Waals surface area contributed by atoms with E-state index >= 15 is 0 Å². The first-order valence-electron chi connectivity index (χ1n) is 8.85. The second-order valence-corrected chi connectivity index (χ2v) is 7.73. The Bertz CT molecular complexity index is 882. The zero-order valence-electron chi connectivity index (χ0n) is 14.6. The fourth-order valence-electron chi connectivity index (χ4n) is 3.77. The van der Waals surface area contributed by atoms with Gasteiger partial charge in [-0.3, -0.25) is 14.4 Å². The molecule has 2 saturated heterocycles.